The minimum absolute atomic E-state index is 0.111. The monoisotopic (exact) mass is 479 g/mol. The lowest BCUT2D eigenvalue weighted by Gasteiger charge is -2.12. The molecule has 0 bridgehead atoms. The quantitative estimate of drug-likeness (QED) is 0.253. The molecule has 2 aromatic carbocycles. The molecule has 0 spiro atoms. The van der Waals surface area contributed by atoms with Crippen LogP contribution < -0.4 is 10.9 Å². The Bertz CT molecular complexity index is 1410. The number of benzene rings is 2. The number of rotatable bonds is 5. The summed E-state index contributed by atoms with van der Waals surface area (Å²) in [7, 11) is 0. The SMILES string of the molecule is CC(Sc1nc2c(cnn2-c2cccc(Cl)c2)c(=O)[nH]1)C(=O)Nc1ccc(F)c(F)c1F. The van der Waals surface area contributed by atoms with Crippen LogP contribution in [0.25, 0.3) is 16.7 Å². The number of fused-ring (bicyclic) bond motifs is 1. The predicted molar refractivity (Wildman–Crippen MR) is 115 cm³/mol. The fraction of sp³-hybridized carbons (Fsp3) is 0.100. The molecule has 0 aliphatic carbocycles. The summed E-state index contributed by atoms with van der Waals surface area (Å²) in [5.74, 6) is -5.26. The first-order valence-corrected chi connectivity index (χ1v) is 10.4. The Morgan fingerprint density at radius 2 is 2.00 bits per heavy atom. The van der Waals surface area contributed by atoms with Crippen LogP contribution in [0, 0.1) is 17.5 Å². The van der Waals surface area contributed by atoms with Gasteiger partial charge in [0.15, 0.2) is 28.3 Å². The summed E-state index contributed by atoms with van der Waals surface area (Å²) in [5, 5.41) is 6.32. The van der Waals surface area contributed by atoms with Gasteiger partial charge in [-0.2, -0.15) is 5.10 Å². The highest BCUT2D eigenvalue weighted by Crippen LogP contribution is 2.25. The number of anilines is 1. The highest BCUT2D eigenvalue weighted by Gasteiger charge is 2.21. The predicted octanol–water partition coefficient (Wildman–Crippen LogP) is 4.30. The van der Waals surface area contributed by atoms with Crippen LogP contribution in [0.15, 0.2) is 52.5 Å². The number of nitrogens with zero attached hydrogens (tertiary/aromatic N) is 3. The van der Waals surface area contributed by atoms with E-state index in [9.17, 15) is 22.8 Å². The zero-order chi connectivity index (χ0) is 23.0. The van der Waals surface area contributed by atoms with Gasteiger partial charge in [0.2, 0.25) is 5.91 Å². The fourth-order valence-corrected chi connectivity index (χ4v) is 3.80. The minimum atomic E-state index is -1.69. The second-order valence-corrected chi connectivity index (χ2v) is 8.38. The topological polar surface area (TPSA) is 92.7 Å². The molecule has 0 saturated heterocycles. The molecule has 2 N–H and O–H groups in total. The van der Waals surface area contributed by atoms with Gasteiger partial charge in [-0.3, -0.25) is 9.59 Å². The Morgan fingerprint density at radius 1 is 1.22 bits per heavy atom. The van der Waals surface area contributed by atoms with Gasteiger partial charge < -0.3 is 10.3 Å². The van der Waals surface area contributed by atoms with Crippen LogP contribution in [0.4, 0.5) is 18.9 Å². The van der Waals surface area contributed by atoms with Crippen LogP contribution in [0.3, 0.4) is 0 Å². The highest BCUT2D eigenvalue weighted by atomic mass is 35.5. The Kier molecular flexibility index (Phi) is 5.94. The molecule has 0 radical (unpaired) electrons. The van der Waals surface area contributed by atoms with Gasteiger partial charge in [0.25, 0.3) is 5.56 Å². The van der Waals surface area contributed by atoms with E-state index in [4.69, 9.17) is 11.6 Å². The van der Waals surface area contributed by atoms with Gasteiger partial charge in [-0.15, -0.1) is 0 Å². The molecule has 0 saturated carbocycles. The molecule has 12 heteroatoms. The lowest BCUT2D eigenvalue weighted by Crippen LogP contribution is -2.24. The second-order valence-electron chi connectivity index (χ2n) is 6.62. The molecule has 0 fully saturated rings. The number of halogens is 4. The number of aromatic nitrogens is 4. The Balaban J connectivity index is 1.60. The van der Waals surface area contributed by atoms with Crippen molar-refractivity contribution in [2.75, 3.05) is 5.32 Å². The van der Waals surface area contributed by atoms with Crippen molar-refractivity contribution >= 4 is 46.0 Å². The summed E-state index contributed by atoms with van der Waals surface area (Å²) in [4.78, 5) is 31.8. The van der Waals surface area contributed by atoms with Gasteiger partial charge in [-0.1, -0.05) is 29.4 Å². The third-order valence-corrected chi connectivity index (χ3v) is 5.64. The normalized spacial score (nSPS) is 12.2. The first-order chi connectivity index (χ1) is 15.2. The molecule has 4 rings (SSSR count). The van der Waals surface area contributed by atoms with Crippen molar-refractivity contribution in [2.45, 2.75) is 17.3 Å². The largest absolute Gasteiger partial charge is 0.323 e. The lowest BCUT2D eigenvalue weighted by atomic mass is 10.2. The maximum atomic E-state index is 13.8. The molecular weight excluding hydrogens is 467 g/mol. The summed E-state index contributed by atoms with van der Waals surface area (Å²) < 4.78 is 41.7. The van der Waals surface area contributed by atoms with Gasteiger partial charge in [0.1, 0.15) is 5.39 Å². The number of carbonyl (C=O) groups excluding carboxylic acids is 1. The number of H-pyrrole nitrogens is 1. The summed E-state index contributed by atoms with van der Waals surface area (Å²) in [6.45, 7) is 1.48. The average Bonchev–Trinajstić information content (AvgIpc) is 3.18. The zero-order valence-electron chi connectivity index (χ0n) is 16.2. The Hall–Kier alpha value is -3.31. The second kappa shape index (κ2) is 8.67. The van der Waals surface area contributed by atoms with Crippen molar-refractivity contribution < 1.29 is 18.0 Å². The number of carbonyl (C=O) groups is 1. The third kappa shape index (κ3) is 4.21. The molecule has 32 heavy (non-hydrogen) atoms. The van der Waals surface area contributed by atoms with E-state index >= 15 is 0 Å². The molecular formula is C20H13ClF3N5O2S. The van der Waals surface area contributed by atoms with E-state index in [1.54, 1.807) is 24.3 Å². The van der Waals surface area contributed by atoms with Crippen LogP contribution in [0.2, 0.25) is 5.02 Å². The van der Waals surface area contributed by atoms with Gasteiger partial charge in [-0.25, -0.2) is 22.8 Å². The van der Waals surface area contributed by atoms with Crippen molar-refractivity contribution in [2.24, 2.45) is 0 Å². The van der Waals surface area contributed by atoms with E-state index in [0.29, 0.717) is 16.8 Å². The zero-order valence-corrected chi connectivity index (χ0v) is 17.8. The first-order valence-electron chi connectivity index (χ1n) is 9.09. The van der Waals surface area contributed by atoms with Crippen molar-refractivity contribution in [3.8, 4) is 5.69 Å². The van der Waals surface area contributed by atoms with E-state index < -0.39 is 39.9 Å². The van der Waals surface area contributed by atoms with E-state index in [2.05, 4.69) is 20.4 Å². The van der Waals surface area contributed by atoms with Crippen molar-refractivity contribution in [1.29, 1.82) is 0 Å². The number of aromatic amines is 1. The van der Waals surface area contributed by atoms with E-state index in [1.165, 1.54) is 17.8 Å². The van der Waals surface area contributed by atoms with E-state index in [0.717, 1.165) is 17.8 Å². The van der Waals surface area contributed by atoms with Crippen LogP contribution in [0.5, 0.6) is 0 Å². The molecule has 0 aliphatic rings. The van der Waals surface area contributed by atoms with E-state index in [-0.39, 0.29) is 16.2 Å². The fourth-order valence-electron chi connectivity index (χ4n) is 2.83. The van der Waals surface area contributed by atoms with Crippen LogP contribution >= 0.6 is 23.4 Å². The summed E-state index contributed by atoms with van der Waals surface area (Å²) in [5.41, 5.74) is -0.138. The van der Waals surface area contributed by atoms with Gasteiger partial charge in [0.05, 0.1) is 22.8 Å². The standard InChI is InChI=1S/C20H13ClF3N5O2S/c1-9(18(30)26-14-6-5-13(22)15(23)16(14)24)32-20-27-17-12(19(31)28-20)8-25-29(17)11-4-2-3-10(21)7-11/h2-9H,1H3,(H,26,30)(H,27,28,31). The molecule has 1 unspecified atom stereocenters. The molecule has 2 heterocycles. The number of nitrogens with one attached hydrogen (secondary N) is 2. The molecule has 1 atom stereocenters. The minimum Gasteiger partial charge on any atom is -0.323 e. The molecule has 0 aliphatic heterocycles. The van der Waals surface area contributed by atoms with Gasteiger partial charge in [-0.05, 0) is 37.3 Å². The van der Waals surface area contributed by atoms with Crippen LogP contribution in [-0.2, 0) is 4.79 Å². The van der Waals surface area contributed by atoms with Crippen LogP contribution in [-0.4, -0.2) is 30.9 Å². The molecule has 4 aromatic rings. The molecule has 1 amide bonds. The van der Waals surface area contributed by atoms with Crippen molar-refractivity contribution in [1.82, 2.24) is 19.7 Å². The Morgan fingerprint density at radius 3 is 2.75 bits per heavy atom. The lowest BCUT2D eigenvalue weighted by molar-refractivity contribution is -0.115. The van der Waals surface area contributed by atoms with Crippen molar-refractivity contribution in [3.63, 3.8) is 0 Å². The summed E-state index contributed by atoms with van der Waals surface area (Å²) in [6, 6.07) is 8.41. The van der Waals surface area contributed by atoms with Crippen molar-refractivity contribution in [3.05, 3.63) is 75.4 Å². The summed E-state index contributed by atoms with van der Waals surface area (Å²) >= 11 is 6.91. The van der Waals surface area contributed by atoms with E-state index in [1.807, 2.05) is 0 Å². The highest BCUT2D eigenvalue weighted by molar-refractivity contribution is 8.00. The first kappa shape index (κ1) is 21.9. The molecule has 164 valence electrons. The summed E-state index contributed by atoms with van der Waals surface area (Å²) in [6.07, 6.45) is 1.36. The average molecular weight is 480 g/mol. The smallest absolute Gasteiger partial charge is 0.262 e. The van der Waals surface area contributed by atoms with Gasteiger partial charge >= 0.3 is 0 Å². The van der Waals surface area contributed by atoms with Crippen LogP contribution in [0.1, 0.15) is 6.92 Å². The number of amides is 1. The number of hydrogen-bond acceptors (Lipinski definition) is 5. The Labute approximate surface area is 187 Å². The maximum Gasteiger partial charge on any atom is 0.262 e. The molecule has 7 nitrogen and oxygen atoms in total. The number of hydrogen-bond donors (Lipinski definition) is 2. The maximum absolute atomic E-state index is 13.8. The van der Waals surface area contributed by atoms with Gasteiger partial charge in [0, 0.05) is 5.02 Å². The molecule has 2 aromatic heterocycles. The number of thioether (sulfide) groups is 1. The third-order valence-electron chi connectivity index (χ3n) is 4.42.